The minimum Gasteiger partial charge on any atom is -0.377 e. The Kier molecular flexibility index (Phi) is 12.2. The van der Waals surface area contributed by atoms with Gasteiger partial charge in [-0.2, -0.15) is 0 Å². The molecule has 0 aliphatic heterocycles. The van der Waals surface area contributed by atoms with Gasteiger partial charge in [-0.3, -0.25) is 24.2 Å². The first-order chi connectivity index (χ1) is 21.0. The van der Waals surface area contributed by atoms with Gasteiger partial charge in [-0.1, -0.05) is 80.8 Å². The van der Waals surface area contributed by atoms with Gasteiger partial charge in [0.15, 0.2) is 0 Å². The van der Waals surface area contributed by atoms with E-state index in [1.54, 1.807) is 17.0 Å². The number of nitrogens with one attached hydrogen (secondary N) is 2. The molecule has 0 heterocycles. The third-order valence-electron chi connectivity index (χ3n) is 7.83. The molecule has 0 radical (unpaired) electrons. The Balaban J connectivity index is 1.56. The van der Waals surface area contributed by atoms with Gasteiger partial charge in [0, 0.05) is 24.2 Å². The van der Waals surface area contributed by atoms with Crippen LogP contribution in [0.25, 0.3) is 11.1 Å². The number of hydrogen-bond acceptors (Lipinski definition) is 6. The highest BCUT2D eigenvalue weighted by molar-refractivity contribution is 7.99. The monoisotopic (exact) mass is 600 g/mol. The first-order valence-corrected chi connectivity index (χ1v) is 16.1. The number of para-hydroxylation sites is 1. The highest BCUT2D eigenvalue weighted by atomic mass is 32.2. The summed E-state index contributed by atoms with van der Waals surface area (Å²) in [5, 5.41) is 0. The fourth-order valence-electron chi connectivity index (χ4n) is 5.47. The summed E-state index contributed by atoms with van der Waals surface area (Å²) < 4.78 is 12.0. The highest BCUT2D eigenvalue weighted by Gasteiger charge is 2.29. The first kappa shape index (κ1) is 32.3. The molecule has 228 valence electrons. The van der Waals surface area contributed by atoms with Crippen LogP contribution in [0.3, 0.4) is 0 Å². The van der Waals surface area contributed by atoms with Gasteiger partial charge < -0.3 is 9.46 Å². The Morgan fingerprint density at radius 1 is 1.02 bits per heavy atom. The van der Waals surface area contributed by atoms with Crippen molar-refractivity contribution in [3.8, 4) is 11.1 Å². The number of ether oxygens (including phenoxy) is 1. The molecule has 2 N–H and O–H groups in total. The van der Waals surface area contributed by atoms with E-state index in [9.17, 15) is 9.59 Å². The predicted octanol–water partition coefficient (Wildman–Crippen LogP) is 8.18. The number of aliphatic imine (C=N–C) groups is 1. The van der Waals surface area contributed by atoms with Crippen LogP contribution in [0.2, 0.25) is 0 Å². The van der Waals surface area contributed by atoms with Crippen LogP contribution in [-0.4, -0.2) is 35.2 Å². The van der Waals surface area contributed by atoms with Crippen LogP contribution >= 0.6 is 12.1 Å². The Bertz CT molecular complexity index is 1370. The normalized spacial score (nSPS) is 14.3. The molecule has 3 aromatic carbocycles. The van der Waals surface area contributed by atoms with Gasteiger partial charge in [0.25, 0.3) is 5.91 Å². The van der Waals surface area contributed by atoms with E-state index in [4.69, 9.17) is 9.73 Å². The van der Waals surface area contributed by atoms with Crippen LogP contribution < -0.4 is 9.44 Å². The zero-order valence-corrected chi connectivity index (χ0v) is 26.4. The molecule has 0 saturated heterocycles. The number of hydrogen-bond donors (Lipinski definition) is 2. The molecule has 43 heavy (non-hydrogen) atoms. The molecule has 1 aliphatic rings. The summed E-state index contributed by atoms with van der Waals surface area (Å²) in [7, 11) is 0. The van der Waals surface area contributed by atoms with Gasteiger partial charge in [-0.15, -0.1) is 0 Å². The highest BCUT2D eigenvalue weighted by Crippen LogP contribution is 2.35. The third-order valence-corrected chi connectivity index (χ3v) is 8.44. The van der Waals surface area contributed by atoms with Gasteiger partial charge in [0.2, 0.25) is 6.41 Å². The second kappa shape index (κ2) is 16.3. The van der Waals surface area contributed by atoms with Crippen LogP contribution in [0.4, 0.5) is 5.69 Å². The average molecular weight is 601 g/mol. The van der Waals surface area contributed by atoms with Crippen LogP contribution in [0.15, 0.2) is 77.8 Å². The van der Waals surface area contributed by atoms with E-state index in [1.807, 2.05) is 43.3 Å². The molecule has 0 atom stereocenters. The molecule has 8 heteroatoms. The van der Waals surface area contributed by atoms with Crippen molar-refractivity contribution in [3.05, 3.63) is 89.5 Å². The fourth-order valence-corrected chi connectivity index (χ4v) is 6.02. The number of benzene rings is 3. The van der Waals surface area contributed by atoms with E-state index in [-0.39, 0.29) is 11.4 Å². The van der Waals surface area contributed by atoms with Gasteiger partial charge in [0.05, 0.1) is 36.5 Å². The molecule has 2 amide bonds. The van der Waals surface area contributed by atoms with Crippen molar-refractivity contribution in [1.82, 2.24) is 9.62 Å². The van der Waals surface area contributed by atoms with Crippen LogP contribution in [0.1, 0.15) is 87.2 Å². The number of unbranched alkanes of at least 4 members (excludes halogenated alkanes) is 1. The number of amidine groups is 1. The topological polar surface area (TPSA) is 83.0 Å². The standard InChI is InChI=1S/C35H44N4O3S/c1-4-6-18-33(36-35(3)21-12-13-22-35)39(26-40)24-27-19-20-30(29(23-27)25-42-5-2)31-16-10-11-17-32(31)37-43-38-34(41)28-14-8-7-9-15-28/h7-11,14-17,19-20,23,26,37H,4-6,12-13,18,21-22,24-25H2,1-3H3,(H,38,41)/b36-33-. The lowest BCUT2D eigenvalue weighted by Crippen LogP contribution is -2.32. The second-order valence-corrected chi connectivity index (χ2v) is 11.9. The molecule has 0 unspecified atom stereocenters. The maximum absolute atomic E-state index is 12.5. The largest absolute Gasteiger partial charge is 0.377 e. The fraction of sp³-hybridized carbons (Fsp3) is 0.400. The van der Waals surface area contributed by atoms with Crippen molar-refractivity contribution >= 4 is 36.0 Å². The number of rotatable bonds is 15. The third kappa shape index (κ3) is 9.18. The Morgan fingerprint density at radius 2 is 1.77 bits per heavy atom. The van der Waals surface area contributed by atoms with Crippen LogP contribution in [0, 0.1) is 0 Å². The van der Waals surface area contributed by atoms with E-state index in [0.29, 0.717) is 25.3 Å². The zero-order valence-electron chi connectivity index (χ0n) is 25.6. The van der Waals surface area contributed by atoms with E-state index < -0.39 is 0 Å². The van der Waals surface area contributed by atoms with Gasteiger partial charge >= 0.3 is 0 Å². The summed E-state index contributed by atoms with van der Waals surface area (Å²) in [4.78, 5) is 31.9. The lowest BCUT2D eigenvalue weighted by molar-refractivity contribution is -0.115. The quantitative estimate of drug-likeness (QED) is 0.0796. The van der Waals surface area contributed by atoms with Crippen molar-refractivity contribution in [1.29, 1.82) is 0 Å². The second-order valence-electron chi connectivity index (χ2n) is 11.2. The minimum atomic E-state index is -0.166. The summed E-state index contributed by atoms with van der Waals surface area (Å²) in [6.45, 7) is 7.88. The molecule has 0 aromatic heterocycles. The van der Waals surface area contributed by atoms with Crippen molar-refractivity contribution in [2.45, 2.75) is 84.4 Å². The molecule has 0 spiro atoms. The number of amides is 2. The summed E-state index contributed by atoms with van der Waals surface area (Å²) >= 11 is 1.14. The minimum absolute atomic E-state index is 0.0798. The number of carbonyl (C=O) groups excluding carboxylic acids is 2. The smallest absolute Gasteiger partial charge is 0.262 e. The van der Waals surface area contributed by atoms with Crippen molar-refractivity contribution in [2.75, 3.05) is 11.3 Å². The molecule has 7 nitrogen and oxygen atoms in total. The maximum atomic E-state index is 12.5. The molecule has 0 bridgehead atoms. The van der Waals surface area contributed by atoms with Crippen LogP contribution in [-0.2, 0) is 22.7 Å². The lowest BCUT2D eigenvalue weighted by Gasteiger charge is -2.26. The molecular weight excluding hydrogens is 556 g/mol. The Morgan fingerprint density at radius 3 is 2.49 bits per heavy atom. The van der Waals surface area contributed by atoms with Crippen LogP contribution in [0.5, 0.6) is 0 Å². The molecule has 1 aliphatic carbocycles. The molecular formula is C35H44N4O3S. The number of carbonyl (C=O) groups is 2. The lowest BCUT2D eigenvalue weighted by atomic mass is 9.96. The van der Waals surface area contributed by atoms with E-state index in [0.717, 1.165) is 84.4 Å². The first-order valence-electron chi connectivity index (χ1n) is 15.3. The van der Waals surface area contributed by atoms with Gasteiger partial charge in [-0.25, -0.2) is 0 Å². The van der Waals surface area contributed by atoms with E-state index >= 15 is 0 Å². The summed E-state index contributed by atoms with van der Waals surface area (Å²) in [6.07, 6.45) is 8.32. The number of nitrogens with zero attached hydrogens (tertiary/aromatic N) is 2. The SMILES string of the molecule is CCCC/C(=N/C1(C)CCCC1)N(C=O)Cc1ccc(-c2ccccc2NSNC(=O)c2ccccc2)c(COCC)c1. The van der Waals surface area contributed by atoms with Gasteiger partial charge in [0.1, 0.15) is 5.84 Å². The van der Waals surface area contributed by atoms with Gasteiger partial charge in [-0.05, 0) is 68.0 Å². The molecule has 1 saturated carbocycles. The zero-order chi connectivity index (χ0) is 30.5. The van der Waals surface area contributed by atoms with Crippen molar-refractivity contribution in [3.63, 3.8) is 0 Å². The molecule has 3 aromatic rings. The molecule has 1 fully saturated rings. The maximum Gasteiger partial charge on any atom is 0.262 e. The van der Waals surface area contributed by atoms with Crippen molar-refractivity contribution < 1.29 is 14.3 Å². The predicted molar refractivity (Wildman–Crippen MR) is 178 cm³/mol. The summed E-state index contributed by atoms with van der Waals surface area (Å²) in [6, 6.07) is 23.5. The van der Waals surface area contributed by atoms with E-state index in [2.05, 4.69) is 47.6 Å². The summed E-state index contributed by atoms with van der Waals surface area (Å²) in [5.74, 6) is 0.723. The molecule has 4 rings (SSSR count). The average Bonchev–Trinajstić information content (AvgIpc) is 3.47. The number of anilines is 1. The Hall–Kier alpha value is -3.62. The Labute approximate surface area is 260 Å². The van der Waals surface area contributed by atoms with E-state index in [1.165, 1.54) is 12.8 Å². The summed E-state index contributed by atoms with van der Waals surface area (Å²) in [5.41, 5.74) is 5.49. The van der Waals surface area contributed by atoms with Crippen molar-refractivity contribution in [2.24, 2.45) is 4.99 Å².